The SMILES string of the molecule is O=C(NCc1cc(C2CC2)n[nH]1)c1nc2ccccn2c1F. The highest BCUT2D eigenvalue weighted by Crippen LogP contribution is 2.38. The number of aromatic nitrogens is 4. The van der Waals surface area contributed by atoms with Crippen molar-refractivity contribution in [2.75, 3.05) is 0 Å². The van der Waals surface area contributed by atoms with Gasteiger partial charge in [0.15, 0.2) is 5.69 Å². The molecule has 1 aliphatic rings. The van der Waals surface area contributed by atoms with E-state index in [1.807, 2.05) is 6.07 Å². The molecule has 0 bridgehead atoms. The highest BCUT2D eigenvalue weighted by atomic mass is 19.1. The zero-order chi connectivity index (χ0) is 15.1. The van der Waals surface area contributed by atoms with Gasteiger partial charge in [-0.1, -0.05) is 6.07 Å². The maximum Gasteiger partial charge on any atom is 0.275 e. The molecule has 1 saturated carbocycles. The lowest BCUT2D eigenvalue weighted by atomic mass is 10.2. The van der Waals surface area contributed by atoms with Crippen LogP contribution in [0, 0.1) is 5.95 Å². The zero-order valence-electron chi connectivity index (χ0n) is 11.7. The average Bonchev–Trinajstić information content (AvgIpc) is 3.19. The molecule has 0 saturated heterocycles. The minimum absolute atomic E-state index is 0.201. The number of nitrogens with zero attached hydrogens (tertiary/aromatic N) is 3. The molecule has 3 aromatic heterocycles. The molecule has 2 N–H and O–H groups in total. The second-order valence-corrected chi connectivity index (χ2v) is 5.46. The van der Waals surface area contributed by atoms with Crippen LogP contribution in [-0.2, 0) is 6.54 Å². The van der Waals surface area contributed by atoms with E-state index in [0.717, 1.165) is 11.4 Å². The van der Waals surface area contributed by atoms with Crippen molar-refractivity contribution in [1.82, 2.24) is 24.9 Å². The normalized spacial score (nSPS) is 14.4. The molecule has 1 fully saturated rings. The quantitative estimate of drug-likeness (QED) is 0.773. The van der Waals surface area contributed by atoms with Crippen molar-refractivity contribution >= 4 is 11.6 Å². The van der Waals surface area contributed by atoms with Gasteiger partial charge in [0.2, 0.25) is 5.95 Å². The van der Waals surface area contributed by atoms with Crippen LogP contribution in [0.1, 0.15) is 40.6 Å². The second kappa shape index (κ2) is 4.94. The van der Waals surface area contributed by atoms with Crippen molar-refractivity contribution in [3.63, 3.8) is 0 Å². The molecule has 0 radical (unpaired) electrons. The molecular weight excluding hydrogens is 285 g/mol. The number of halogens is 1. The molecule has 3 aromatic rings. The fourth-order valence-electron chi connectivity index (χ4n) is 2.43. The Balaban J connectivity index is 1.49. The van der Waals surface area contributed by atoms with Gasteiger partial charge in [-0.25, -0.2) is 4.98 Å². The van der Waals surface area contributed by atoms with Gasteiger partial charge in [0, 0.05) is 12.1 Å². The maximum absolute atomic E-state index is 14.1. The Morgan fingerprint density at radius 3 is 3.09 bits per heavy atom. The summed E-state index contributed by atoms with van der Waals surface area (Å²) in [5, 5.41) is 9.77. The third kappa shape index (κ3) is 2.24. The van der Waals surface area contributed by atoms with Gasteiger partial charge in [0.05, 0.1) is 17.9 Å². The van der Waals surface area contributed by atoms with Gasteiger partial charge >= 0.3 is 0 Å². The lowest BCUT2D eigenvalue weighted by Gasteiger charge is -2.00. The van der Waals surface area contributed by atoms with Gasteiger partial charge in [-0.2, -0.15) is 9.49 Å². The molecule has 7 heteroatoms. The highest BCUT2D eigenvalue weighted by Gasteiger charge is 2.26. The van der Waals surface area contributed by atoms with E-state index < -0.39 is 11.9 Å². The van der Waals surface area contributed by atoms with Crippen LogP contribution < -0.4 is 5.32 Å². The van der Waals surface area contributed by atoms with Crippen LogP contribution >= 0.6 is 0 Å². The predicted octanol–water partition coefficient (Wildman–Crippen LogP) is 2.00. The van der Waals surface area contributed by atoms with E-state index in [9.17, 15) is 9.18 Å². The minimum atomic E-state index is -0.656. The number of carbonyl (C=O) groups is 1. The number of amides is 1. The predicted molar refractivity (Wildman–Crippen MR) is 76.9 cm³/mol. The van der Waals surface area contributed by atoms with Gasteiger partial charge in [0.25, 0.3) is 5.91 Å². The molecule has 0 unspecified atom stereocenters. The summed E-state index contributed by atoms with van der Waals surface area (Å²) in [5.41, 5.74) is 2.04. The second-order valence-electron chi connectivity index (χ2n) is 5.46. The van der Waals surface area contributed by atoms with Crippen molar-refractivity contribution < 1.29 is 9.18 Å². The van der Waals surface area contributed by atoms with Gasteiger partial charge in [-0.05, 0) is 31.0 Å². The molecule has 0 atom stereocenters. The summed E-state index contributed by atoms with van der Waals surface area (Å²) in [4.78, 5) is 16.1. The Morgan fingerprint density at radius 1 is 1.45 bits per heavy atom. The van der Waals surface area contributed by atoms with Crippen LogP contribution in [0.15, 0.2) is 30.5 Å². The number of imidazole rings is 1. The number of hydrogen-bond donors (Lipinski definition) is 2. The molecule has 0 spiro atoms. The standard InChI is InChI=1S/C15H14FN5O/c16-14-13(18-12-3-1-2-6-21(12)14)15(22)17-8-10-7-11(20-19-10)9-4-5-9/h1-3,6-7,9H,4-5,8H2,(H,17,22)(H,19,20). The number of nitrogens with one attached hydrogen (secondary N) is 2. The number of hydrogen-bond acceptors (Lipinski definition) is 3. The molecule has 0 aromatic carbocycles. The molecule has 1 amide bonds. The Bertz CT molecular complexity index is 849. The Kier molecular flexibility index (Phi) is 2.92. The summed E-state index contributed by atoms with van der Waals surface area (Å²) < 4.78 is 15.4. The molecule has 3 heterocycles. The Hall–Kier alpha value is -2.70. The Morgan fingerprint density at radius 2 is 2.32 bits per heavy atom. The van der Waals surface area contributed by atoms with Crippen LogP contribution in [-0.4, -0.2) is 25.5 Å². The first-order valence-electron chi connectivity index (χ1n) is 7.17. The van der Waals surface area contributed by atoms with E-state index in [-0.39, 0.29) is 12.2 Å². The largest absolute Gasteiger partial charge is 0.345 e. The van der Waals surface area contributed by atoms with E-state index >= 15 is 0 Å². The number of H-pyrrole nitrogens is 1. The zero-order valence-corrected chi connectivity index (χ0v) is 11.7. The van der Waals surface area contributed by atoms with Crippen LogP contribution in [0.5, 0.6) is 0 Å². The summed E-state index contributed by atoms with van der Waals surface area (Å²) >= 11 is 0. The molecular formula is C15H14FN5O. The summed E-state index contributed by atoms with van der Waals surface area (Å²) in [7, 11) is 0. The number of carbonyl (C=O) groups excluding carboxylic acids is 1. The van der Waals surface area contributed by atoms with Crippen LogP contribution in [0.3, 0.4) is 0 Å². The average molecular weight is 299 g/mol. The molecule has 1 aliphatic carbocycles. The molecule has 6 nitrogen and oxygen atoms in total. The van der Waals surface area contributed by atoms with E-state index in [4.69, 9.17) is 0 Å². The highest BCUT2D eigenvalue weighted by molar-refractivity contribution is 5.93. The monoisotopic (exact) mass is 299 g/mol. The lowest BCUT2D eigenvalue weighted by molar-refractivity contribution is 0.0941. The Labute approximate surface area is 125 Å². The van der Waals surface area contributed by atoms with E-state index in [0.29, 0.717) is 11.6 Å². The van der Waals surface area contributed by atoms with Crippen molar-refractivity contribution in [3.8, 4) is 0 Å². The van der Waals surface area contributed by atoms with Gasteiger partial charge in [-0.15, -0.1) is 0 Å². The number of fused-ring (bicyclic) bond motifs is 1. The van der Waals surface area contributed by atoms with Gasteiger partial charge < -0.3 is 5.32 Å². The van der Waals surface area contributed by atoms with E-state index in [2.05, 4.69) is 20.5 Å². The fraction of sp³-hybridized carbons (Fsp3) is 0.267. The van der Waals surface area contributed by atoms with Crippen molar-refractivity contribution in [2.24, 2.45) is 0 Å². The number of rotatable bonds is 4. The van der Waals surface area contributed by atoms with Gasteiger partial charge in [-0.3, -0.25) is 14.3 Å². The number of pyridine rings is 1. The van der Waals surface area contributed by atoms with E-state index in [1.54, 1.807) is 18.2 Å². The lowest BCUT2D eigenvalue weighted by Crippen LogP contribution is -2.24. The van der Waals surface area contributed by atoms with Crippen LogP contribution in [0.2, 0.25) is 0 Å². The van der Waals surface area contributed by atoms with Gasteiger partial charge in [0.1, 0.15) is 5.65 Å². The maximum atomic E-state index is 14.1. The first-order valence-corrected chi connectivity index (χ1v) is 7.17. The van der Waals surface area contributed by atoms with Crippen molar-refractivity contribution in [1.29, 1.82) is 0 Å². The third-order valence-electron chi connectivity index (χ3n) is 3.77. The summed E-state index contributed by atoms with van der Waals surface area (Å²) in [6.45, 7) is 0.270. The van der Waals surface area contributed by atoms with Crippen molar-refractivity contribution in [2.45, 2.75) is 25.3 Å². The minimum Gasteiger partial charge on any atom is -0.345 e. The summed E-state index contributed by atoms with van der Waals surface area (Å²) in [6, 6.07) is 7.02. The number of aromatic amines is 1. The van der Waals surface area contributed by atoms with E-state index in [1.165, 1.54) is 23.4 Å². The first-order chi connectivity index (χ1) is 10.7. The summed E-state index contributed by atoms with van der Waals surface area (Å²) in [5.74, 6) is -0.642. The van der Waals surface area contributed by atoms with Crippen LogP contribution in [0.25, 0.3) is 5.65 Å². The third-order valence-corrected chi connectivity index (χ3v) is 3.77. The van der Waals surface area contributed by atoms with Crippen molar-refractivity contribution in [3.05, 3.63) is 53.5 Å². The molecule has 0 aliphatic heterocycles. The smallest absolute Gasteiger partial charge is 0.275 e. The summed E-state index contributed by atoms with van der Waals surface area (Å²) in [6.07, 6.45) is 3.87. The topological polar surface area (TPSA) is 75.1 Å². The van der Waals surface area contributed by atoms with Crippen LogP contribution in [0.4, 0.5) is 4.39 Å². The fourth-order valence-corrected chi connectivity index (χ4v) is 2.43. The molecule has 4 rings (SSSR count). The molecule has 22 heavy (non-hydrogen) atoms. The molecule has 112 valence electrons. The first kappa shape index (κ1) is 13.0.